The van der Waals surface area contributed by atoms with Crippen molar-refractivity contribution in [3.05, 3.63) is 72.9 Å². The summed E-state index contributed by atoms with van der Waals surface area (Å²) in [5.41, 5.74) is 0. The molecule has 0 aliphatic carbocycles. The number of nitrogens with zero attached hydrogens (tertiary/aromatic N) is 1. The SMILES string of the molecule is CC/C=C/C/C=C/C/C=C/C/C=C/C/C=C/CCCC(=O)OC(COCCC(C(=O)[O-])[N+](C)(C)C)COC(=O)CCC/C=C/CCCCCC. The van der Waals surface area contributed by atoms with Crippen molar-refractivity contribution in [3.8, 4) is 0 Å². The number of carboxylic acid groups (broad SMARTS) is 1. The van der Waals surface area contributed by atoms with Crippen LogP contribution in [0.3, 0.4) is 0 Å². The van der Waals surface area contributed by atoms with E-state index >= 15 is 0 Å². The summed E-state index contributed by atoms with van der Waals surface area (Å²) in [6.45, 7) is 4.38. The molecule has 0 aromatic rings. The van der Waals surface area contributed by atoms with Crippen molar-refractivity contribution >= 4 is 17.9 Å². The molecule has 8 heteroatoms. The Kier molecular flexibility index (Phi) is 30.8. The molecule has 0 aliphatic rings. The van der Waals surface area contributed by atoms with Crippen LogP contribution in [0.25, 0.3) is 0 Å². The van der Waals surface area contributed by atoms with Gasteiger partial charge in [0.2, 0.25) is 0 Å². The predicted molar refractivity (Wildman–Crippen MR) is 203 cm³/mol. The fourth-order valence-corrected chi connectivity index (χ4v) is 4.87. The fraction of sp³-hybridized carbons (Fsp3) is 0.643. The summed E-state index contributed by atoms with van der Waals surface area (Å²) in [5.74, 6) is -1.87. The maximum absolute atomic E-state index is 12.6. The number of hydrogen-bond acceptors (Lipinski definition) is 7. The van der Waals surface area contributed by atoms with E-state index < -0.39 is 18.1 Å². The van der Waals surface area contributed by atoms with Gasteiger partial charge in [-0.3, -0.25) is 9.59 Å². The number of rotatable bonds is 32. The number of aliphatic carboxylic acids is 1. The van der Waals surface area contributed by atoms with Crippen LogP contribution in [0.5, 0.6) is 0 Å². The first kappa shape index (κ1) is 46.8. The Morgan fingerprint density at radius 2 is 1.12 bits per heavy atom. The topological polar surface area (TPSA) is 102 Å². The van der Waals surface area contributed by atoms with Gasteiger partial charge in [-0.2, -0.15) is 0 Å². The Morgan fingerprint density at radius 1 is 0.620 bits per heavy atom. The van der Waals surface area contributed by atoms with Crippen molar-refractivity contribution in [2.75, 3.05) is 41.0 Å². The quantitative estimate of drug-likeness (QED) is 0.0301. The molecule has 0 saturated carbocycles. The molecule has 2 atom stereocenters. The van der Waals surface area contributed by atoms with E-state index in [0.29, 0.717) is 12.8 Å². The number of unbranched alkanes of at least 4 members (excludes halogenated alkanes) is 6. The zero-order chi connectivity index (χ0) is 37.1. The average molecular weight is 700 g/mol. The normalized spacial score (nSPS) is 13.9. The smallest absolute Gasteiger partial charge is 0.306 e. The molecular formula is C42H69NO7. The maximum atomic E-state index is 12.6. The van der Waals surface area contributed by atoms with E-state index in [9.17, 15) is 19.5 Å². The summed E-state index contributed by atoms with van der Waals surface area (Å²) in [6.07, 6.45) is 39.5. The molecule has 284 valence electrons. The van der Waals surface area contributed by atoms with Crippen LogP contribution in [-0.2, 0) is 28.6 Å². The van der Waals surface area contributed by atoms with E-state index in [1.807, 2.05) is 0 Å². The van der Waals surface area contributed by atoms with Crippen LogP contribution in [0.2, 0.25) is 0 Å². The lowest BCUT2D eigenvalue weighted by Gasteiger charge is -2.34. The van der Waals surface area contributed by atoms with Gasteiger partial charge >= 0.3 is 11.9 Å². The van der Waals surface area contributed by atoms with Crippen molar-refractivity contribution in [1.82, 2.24) is 0 Å². The number of carbonyl (C=O) groups excluding carboxylic acids is 3. The first-order valence-electron chi connectivity index (χ1n) is 19.0. The minimum atomic E-state index is -1.14. The van der Waals surface area contributed by atoms with Crippen molar-refractivity contribution in [3.63, 3.8) is 0 Å². The molecule has 0 amide bonds. The molecule has 8 nitrogen and oxygen atoms in total. The van der Waals surface area contributed by atoms with Crippen molar-refractivity contribution < 1.29 is 38.2 Å². The van der Waals surface area contributed by atoms with E-state index in [2.05, 4.69) is 86.8 Å². The number of allylic oxidation sites excluding steroid dienone is 12. The molecule has 0 fully saturated rings. The number of carbonyl (C=O) groups is 3. The highest BCUT2D eigenvalue weighted by atomic mass is 16.6. The molecule has 0 heterocycles. The minimum Gasteiger partial charge on any atom is -0.544 e. The number of ether oxygens (including phenoxy) is 3. The molecule has 0 aliphatic heterocycles. The Hall–Kier alpha value is -3.23. The van der Waals surface area contributed by atoms with Gasteiger partial charge in [-0.05, 0) is 70.6 Å². The van der Waals surface area contributed by atoms with Gasteiger partial charge in [0.25, 0.3) is 0 Å². The molecule has 0 bridgehead atoms. The van der Waals surface area contributed by atoms with Crippen LogP contribution in [0.1, 0.15) is 123 Å². The molecule has 2 unspecified atom stereocenters. The standard InChI is InChI=1S/C42H69NO7/c1-6-8-10-12-14-16-17-18-19-20-21-22-23-25-27-29-31-33-41(45)50-38(36-48-35-34-39(42(46)47)43(3,4)5)37-49-40(44)32-30-28-26-24-15-13-11-9-7-2/h8,10,14,16,18-19,21-22,24-27,38-39H,6-7,9,11-13,15,17,20,23,28-37H2,1-5H3/b10-8+,16-14+,19-18+,22-21+,26-24+,27-25+. The molecule has 0 saturated heterocycles. The first-order valence-corrected chi connectivity index (χ1v) is 19.0. The van der Waals surface area contributed by atoms with Crippen LogP contribution in [0, 0.1) is 0 Å². The number of carboxylic acids is 1. The zero-order valence-corrected chi connectivity index (χ0v) is 32.0. The fourth-order valence-electron chi connectivity index (χ4n) is 4.87. The molecule has 0 rings (SSSR count). The molecule has 0 aromatic heterocycles. The number of esters is 2. The van der Waals surface area contributed by atoms with E-state index in [1.54, 1.807) is 21.1 Å². The predicted octanol–water partition coefficient (Wildman–Crippen LogP) is 8.29. The summed E-state index contributed by atoms with van der Waals surface area (Å²) in [7, 11) is 5.36. The van der Waals surface area contributed by atoms with Crippen LogP contribution in [0.15, 0.2) is 72.9 Å². The third-order valence-electron chi connectivity index (χ3n) is 7.83. The Morgan fingerprint density at radius 3 is 1.64 bits per heavy atom. The monoisotopic (exact) mass is 700 g/mol. The highest BCUT2D eigenvalue weighted by Crippen LogP contribution is 2.10. The largest absolute Gasteiger partial charge is 0.544 e. The Balaban J connectivity index is 4.57. The summed E-state index contributed by atoms with van der Waals surface area (Å²) in [4.78, 5) is 36.5. The highest BCUT2D eigenvalue weighted by molar-refractivity contribution is 5.70. The number of quaternary nitrogens is 1. The third kappa shape index (κ3) is 30.8. The number of hydrogen-bond donors (Lipinski definition) is 0. The van der Waals surface area contributed by atoms with Gasteiger partial charge < -0.3 is 28.6 Å². The summed E-state index contributed by atoms with van der Waals surface area (Å²) < 4.78 is 16.9. The summed E-state index contributed by atoms with van der Waals surface area (Å²) in [6, 6.07) is -0.741. The van der Waals surface area contributed by atoms with Crippen molar-refractivity contribution in [2.24, 2.45) is 0 Å². The lowest BCUT2D eigenvalue weighted by molar-refractivity contribution is -0.889. The summed E-state index contributed by atoms with van der Waals surface area (Å²) >= 11 is 0. The lowest BCUT2D eigenvalue weighted by atomic mass is 10.1. The molecule has 0 radical (unpaired) electrons. The van der Waals surface area contributed by atoms with Crippen LogP contribution in [0.4, 0.5) is 0 Å². The van der Waals surface area contributed by atoms with Crippen molar-refractivity contribution in [2.45, 2.75) is 135 Å². The zero-order valence-electron chi connectivity index (χ0n) is 32.0. The maximum Gasteiger partial charge on any atom is 0.306 e. The Labute approximate surface area is 304 Å². The van der Waals surface area contributed by atoms with E-state index in [-0.39, 0.29) is 55.5 Å². The second-order valence-corrected chi connectivity index (χ2v) is 13.4. The second-order valence-electron chi connectivity index (χ2n) is 13.4. The molecule has 0 aromatic carbocycles. The second kappa shape index (κ2) is 32.9. The van der Waals surface area contributed by atoms with Gasteiger partial charge in [0.1, 0.15) is 12.6 Å². The molecule has 50 heavy (non-hydrogen) atoms. The van der Waals surface area contributed by atoms with Gasteiger partial charge in [0, 0.05) is 19.3 Å². The van der Waals surface area contributed by atoms with Gasteiger partial charge in [-0.25, -0.2) is 0 Å². The molecule has 0 spiro atoms. The van der Waals surface area contributed by atoms with E-state index in [0.717, 1.165) is 51.4 Å². The van der Waals surface area contributed by atoms with E-state index in [1.165, 1.54) is 25.7 Å². The van der Waals surface area contributed by atoms with Crippen LogP contribution >= 0.6 is 0 Å². The highest BCUT2D eigenvalue weighted by Gasteiger charge is 2.25. The van der Waals surface area contributed by atoms with Gasteiger partial charge in [0.05, 0.1) is 40.3 Å². The van der Waals surface area contributed by atoms with Gasteiger partial charge in [-0.15, -0.1) is 0 Å². The Bertz CT molecular complexity index is 1050. The minimum absolute atomic E-state index is 0.00543. The van der Waals surface area contributed by atoms with E-state index in [4.69, 9.17) is 14.2 Å². The molecule has 0 N–H and O–H groups in total. The van der Waals surface area contributed by atoms with Crippen LogP contribution in [-0.4, -0.2) is 75.5 Å². The van der Waals surface area contributed by atoms with Gasteiger partial charge in [0.15, 0.2) is 6.10 Å². The summed E-state index contributed by atoms with van der Waals surface area (Å²) in [5, 5.41) is 11.6. The molecular weight excluding hydrogens is 630 g/mol. The van der Waals surface area contributed by atoms with Crippen molar-refractivity contribution in [1.29, 1.82) is 0 Å². The first-order chi connectivity index (χ1) is 24.1. The third-order valence-corrected chi connectivity index (χ3v) is 7.83. The van der Waals surface area contributed by atoms with Gasteiger partial charge in [-0.1, -0.05) is 106 Å². The lowest BCUT2D eigenvalue weighted by Crippen LogP contribution is -2.55. The van der Waals surface area contributed by atoms with Crippen LogP contribution < -0.4 is 5.11 Å². The average Bonchev–Trinajstić information content (AvgIpc) is 3.06. The number of likely N-dealkylation sites (N-methyl/N-ethyl adjacent to an activating group) is 1.